The molecule has 0 atom stereocenters. The van der Waals surface area contributed by atoms with Gasteiger partial charge in [-0.25, -0.2) is 4.98 Å². The Bertz CT molecular complexity index is 330. The number of hydrogen-bond donors (Lipinski definition) is 2. The van der Waals surface area contributed by atoms with Crippen LogP contribution in [0.15, 0.2) is 5.38 Å². The molecule has 0 radical (unpaired) electrons. The first-order valence-electron chi connectivity index (χ1n) is 3.87. The fourth-order valence-electron chi connectivity index (χ4n) is 0.839. The number of rotatable bonds is 3. The van der Waals surface area contributed by atoms with Crippen LogP contribution in [0.5, 0.6) is 0 Å². The lowest BCUT2D eigenvalue weighted by molar-refractivity contribution is 0.371. The summed E-state index contributed by atoms with van der Waals surface area (Å²) in [4.78, 5) is 21.5. The molecule has 0 aliphatic rings. The summed E-state index contributed by atoms with van der Waals surface area (Å²) in [5, 5.41) is 2.35. The summed E-state index contributed by atoms with van der Waals surface area (Å²) in [5.74, 6) is 0.307. The zero-order chi connectivity index (χ0) is 10.1. The van der Waals surface area contributed by atoms with Crippen LogP contribution in [0.3, 0.4) is 0 Å². The van der Waals surface area contributed by atoms with Crippen LogP contribution in [0.25, 0.3) is 0 Å². The molecule has 0 unspecified atom stereocenters. The van der Waals surface area contributed by atoms with Gasteiger partial charge in [0.25, 0.3) is 0 Å². The molecule has 0 amide bonds. The van der Waals surface area contributed by atoms with Gasteiger partial charge in [0.1, 0.15) is 11.2 Å². The summed E-state index contributed by atoms with van der Waals surface area (Å²) in [7, 11) is -3.96. The fourth-order valence-corrected chi connectivity index (χ4v) is 2.80. The van der Waals surface area contributed by atoms with Gasteiger partial charge in [-0.1, -0.05) is 13.8 Å². The van der Waals surface area contributed by atoms with E-state index in [0.717, 1.165) is 5.69 Å². The molecule has 2 N–H and O–H groups in total. The maximum absolute atomic E-state index is 10.6. The SMILES string of the molecule is CC(C)c1csc(CP(=O)(O)O)n1. The molecule has 0 aromatic carbocycles. The van der Waals surface area contributed by atoms with E-state index in [4.69, 9.17) is 9.79 Å². The second kappa shape index (κ2) is 3.88. The molecule has 0 fully saturated rings. The standard InChI is InChI=1S/C7H12NO3PS/c1-5(2)6-4-13-7(8-6)3-12(9,10)11/h4-5H,3H2,1-2H3,(H2,9,10,11). The second-order valence-corrected chi connectivity index (χ2v) is 5.73. The van der Waals surface area contributed by atoms with E-state index in [1.54, 1.807) is 0 Å². The molecule has 1 aromatic rings. The Morgan fingerprint density at radius 2 is 2.23 bits per heavy atom. The van der Waals surface area contributed by atoms with Gasteiger partial charge in [-0.3, -0.25) is 4.57 Å². The maximum Gasteiger partial charge on any atom is 0.332 e. The van der Waals surface area contributed by atoms with E-state index in [1.807, 2.05) is 19.2 Å². The molecule has 4 nitrogen and oxygen atoms in total. The minimum Gasteiger partial charge on any atom is -0.324 e. The predicted octanol–water partition coefficient (Wildman–Crippen LogP) is 1.94. The quantitative estimate of drug-likeness (QED) is 0.765. The topological polar surface area (TPSA) is 70.4 Å². The van der Waals surface area contributed by atoms with Crippen LogP contribution in [-0.2, 0) is 10.7 Å². The van der Waals surface area contributed by atoms with Gasteiger partial charge in [-0.15, -0.1) is 11.3 Å². The van der Waals surface area contributed by atoms with Gasteiger partial charge in [0.2, 0.25) is 0 Å². The number of aromatic nitrogens is 1. The molecule has 13 heavy (non-hydrogen) atoms. The van der Waals surface area contributed by atoms with Crippen molar-refractivity contribution in [1.29, 1.82) is 0 Å². The smallest absolute Gasteiger partial charge is 0.324 e. The lowest BCUT2D eigenvalue weighted by Gasteiger charge is -1.99. The third kappa shape index (κ3) is 3.56. The highest BCUT2D eigenvalue weighted by Gasteiger charge is 2.17. The van der Waals surface area contributed by atoms with E-state index in [0.29, 0.717) is 10.9 Å². The Hall–Kier alpha value is -0.220. The Morgan fingerprint density at radius 3 is 2.62 bits per heavy atom. The van der Waals surface area contributed by atoms with Gasteiger partial charge in [0.05, 0.1) is 5.69 Å². The minimum atomic E-state index is -3.96. The summed E-state index contributed by atoms with van der Waals surface area (Å²) in [5.41, 5.74) is 0.897. The molecule has 0 aliphatic heterocycles. The Balaban J connectivity index is 2.75. The van der Waals surface area contributed by atoms with Crippen molar-refractivity contribution in [1.82, 2.24) is 4.98 Å². The van der Waals surface area contributed by atoms with Crippen molar-refractivity contribution in [3.05, 3.63) is 16.1 Å². The molecule has 6 heteroatoms. The van der Waals surface area contributed by atoms with E-state index < -0.39 is 7.60 Å². The van der Waals surface area contributed by atoms with Crippen molar-refractivity contribution in [3.63, 3.8) is 0 Å². The van der Waals surface area contributed by atoms with E-state index >= 15 is 0 Å². The summed E-state index contributed by atoms with van der Waals surface area (Å²) in [6, 6.07) is 0. The number of nitrogens with zero attached hydrogens (tertiary/aromatic N) is 1. The number of hydrogen-bond acceptors (Lipinski definition) is 3. The highest BCUT2D eigenvalue weighted by molar-refractivity contribution is 7.51. The zero-order valence-corrected chi connectivity index (χ0v) is 9.18. The van der Waals surface area contributed by atoms with Gasteiger partial charge < -0.3 is 9.79 Å². The highest BCUT2D eigenvalue weighted by atomic mass is 32.1. The van der Waals surface area contributed by atoms with Crippen LogP contribution in [0.2, 0.25) is 0 Å². The molecule has 0 saturated carbocycles. The molecule has 74 valence electrons. The maximum atomic E-state index is 10.6. The molecule has 0 spiro atoms. The van der Waals surface area contributed by atoms with Gasteiger partial charge in [-0.05, 0) is 5.92 Å². The van der Waals surface area contributed by atoms with Crippen LogP contribution in [0.4, 0.5) is 0 Å². The summed E-state index contributed by atoms with van der Waals surface area (Å²) < 4.78 is 10.6. The first-order valence-corrected chi connectivity index (χ1v) is 6.55. The van der Waals surface area contributed by atoms with Crippen molar-refractivity contribution >= 4 is 18.9 Å². The van der Waals surface area contributed by atoms with Crippen molar-refractivity contribution in [2.75, 3.05) is 0 Å². The van der Waals surface area contributed by atoms with E-state index in [9.17, 15) is 4.57 Å². The zero-order valence-electron chi connectivity index (χ0n) is 7.47. The summed E-state index contributed by atoms with van der Waals surface area (Å²) in [6.07, 6.45) is -0.246. The predicted molar refractivity (Wildman–Crippen MR) is 52.0 cm³/mol. The van der Waals surface area contributed by atoms with Crippen molar-refractivity contribution in [2.45, 2.75) is 25.9 Å². The van der Waals surface area contributed by atoms with Gasteiger partial charge in [-0.2, -0.15) is 0 Å². The lowest BCUT2D eigenvalue weighted by atomic mass is 10.2. The fraction of sp³-hybridized carbons (Fsp3) is 0.571. The van der Waals surface area contributed by atoms with Crippen molar-refractivity contribution in [3.8, 4) is 0 Å². The molecule has 1 aromatic heterocycles. The lowest BCUT2D eigenvalue weighted by Crippen LogP contribution is -1.90. The monoisotopic (exact) mass is 221 g/mol. The Kier molecular flexibility index (Phi) is 3.24. The summed E-state index contributed by atoms with van der Waals surface area (Å²) in [6.45, 7) is 3.99. The van der Waals surface area contributed by atoms with Gasteiger partial charge in [0.15, 0.2) is 0 Å². The molecule has 1 rings (SSSR count). The average Bonchev–Trinajstić information content (AvgIpc) is 2.31. The normalized spacial score (nSPS) is 12.4. The van der Waals surface area contributed by atoms with Crippen LogP contribution in [0, 0.1) is 0 Å². The summed E-state index contributed by atoms with van der Waals surface area (Å²) >= 11 is 1.30. The molecule has 0 bridgehead atoms. The molecular formula is C7H12NO3PS. The third-order valence-corrected chi connectivity index (χ3v) is 3.29. The van der Waals surface area contributed by atoms with Crippen LogP contribution >= 0.6 is 18.9 Å². The van der Waals surface area contributed by atoms with Crippen LogP contribution in [-0.4, -0.2) is 14.8 Å². The number of thiazole rings is 1. The van der Waals surface area contributed by atoms with E-state index in [1.165, 1.54) is 11.3 Å². The second-order valence-electron chi connectivity index (χ2n) is 3.14. The third-order valence-electron chi connectivity index (χ3n) is 1.50. The van der Waals surface area contributed by atoms with E-state index in [-0.39, 0.29) is 6.16 Å². The Morgan fingerprint density at radius 1 is 1.62 bits per heavy atom. The first-order chi connectivity index (χ1) is 5.88. The van der Waals surface area contributed by atoms with E-state index in [2.05, 4.69) is 4.98 Å². The first kappa shape index (κ1) is 10.9. The molecule has 0 saturated heterocycles. The van der Waals surface area contributed by atoms with Crippen LogP contribution < -0.4 is 0 Å². The highest BCUT2D eigenvalue weighted by Crippen LogP contribution is 2.40. The average molecular weight is 221 g/mol. The minimum absolute atomic E-state index is 0.246. The Labute approximate surface area is 80.8 Å². The molecule has 1 heterocycles. The largest absolute Gasteiger partial charge is 0.332 e. The van der Waals surface area contributed by atoms with Crippen molar-refractivity contribution < 1.29 is 14.4 Å². The van der Waals surface area contributed by atoms with Crippen LogP contribution in [0.1, 0.15) is 30.5 Å². The van der Waals surface area contributed by atoms with Gasteiger partial charge >= 0.3 is 7.60 Å². The van der Waals surface area contributed by atoms with Crippen molar-refractivity contribution in [2.24, 2.45) is 0 Å². The molecular weight excluding hydrogens is 209 g/mol. The van der Waals surface area contributed by atoms with Gasteiger partial charge in [0, 0.05) is 5.38 Å². The molecule has 0 aliphatic carbocycles.